The monoisotopic (exact) mass is 377 g/mol. The van der Waals surface area contributed by atoms with Gasteiger partial charge in [-0.3, -0.25) is 0 Å². The third-order valence-corrected chi connectivity index (χ3v) is 4.37. The van der Waals surface area contributed by atoms with Crippen LogP contribution in [0.15, 0.2) is 45.9 Å². The van der Waals surface area contributed by atoms with Gasteiger partial charge in [0.15, 0.2) is 11.6 Å². The van der Waals surface area contributed by atoms with Gasteiger partial charge in [-0.2, -0.15) is 4.98 Å². The first-order valence-electron chi connectivity index (χ1n) is 9.05. The molecule has 7 heteroatoms. The van der Waals surface area contributed by atoms with Crippen molar-refractivity contribution in [1.82, 2.24) is 9.97 Å². The number of nitrogens with one attached hydrogen (secondary N) is 1. The fraction of sp³-hybridized carbons (Fsp3) is 0.238. The van der Waals surface area contributed by atoms with Crippen molar-refractivity contribution in [2.75, 3.05) is 11.9 Å². The number of ether oxygens (including phenoxy) is 1. The molecule has 2 aliphatic rings. The molecule has 6 nitrogen and oxygen atoms in total. The fourth-order valence-corrected chi connectivity index (χ4v) is 3.18. The maximum atomic E-state index is 14.8. The van der Waals surface area contributed by atoms with Crippen molar-refractivity contribution < 1.29 is 9.13 Å². The maximum Gasteiger partial charge on any atom is 0.324 e. The van der Waals surface area contributed by atoms with Crippen LogP contribution >= 0.6 is 0 Å². The Kier molecular flexibility index (Phi) is 4.73. The molecule has 142 valence electrons. The van der Waals surface area contributed by atoms with Crippen LogP contribution in [0.4, 0.5) is 10.2 Å². The fourth-order valence-electron chi connectivity index (χ4n) is 3.18. The molecule has 0 fully saturated rings. The summed E-state index contributed by atoms with van der Waals surface area (Å²) in [6.45, 7) is 6.25. The summed E-state index contributed by atoms with van der Waals surface area (Å²) in [5, 5.41) is 3.05. The number of aromatic nitrogens is 2. The van der Waals surface area contributed by atoms with E-state index in [1.807, 2.05) is 45.1 Å². The predicted molar refractivity (Wildman–Crippen MR) is 109 cm³/mol. The van der Waals surface area contributed by atoms with Crippen LogP contribution in [-0.2, 0) is 6.42 Å². The van der Waals surface area contributed by atoms with Crippen LogP contribution in [0, 0.1) is 12.7 Å². The van der Waals surface area contributed by atoms with Gasteiger partial charge in [0.05, 0.1) is 12.3 Å². The molecular formula is C21H20FN5O. The first-order chi connectivity index (χ1) is 13.5. The molecular weight excluding hydrogens is 357 g/mol. The van der Waals surface area contributed by atoms with Crippen molar-refractivity contribution in [3.05, 3.63) is 58.6 Å². The molecule has 1 N–H and O–H groups in total. The Morgan fingerprint density at radius 3 is 2.89 bits per heavy atom. The van der Waals surface area contributed by atoms with Crippen molar-refractivity contribution in [3.8, 4) is 11.8 Å². The Labute approximate surface area is 162 Å². The van der Waals surface area contributed by atoms with E-state index in [-0.39, 0.29) is 11.8 Å². The van der Waals surface area contributed by atoms with E-state index in [2.05, 4.69) is 25.3 Å². The molecule has 4 rings (SSSR count). The molecule has 28 heavy (non-hydrogen) atoms. The van der Waals surface area contributed by atoms with E-state index in [0.717, 1.165) is 23.3 Å². The quantitative estimate of drug-likeness (QED) is 0.853. The molecule has 0 unspecified atom stereocenters. The zero-order valence-corrected chi connectivity index (χ0v) is 16.0. The Bertz CT molecular complexity index is 1070. The summed E-state index contributed by atoms with van der Waals surface area (Å²) in [7, 11) is 0. The molecule has 0 saturated heterocycles. The lowest BCUT2D eigenvalue weighted by molar-refractivity contribution is 0.410. The molecule has 0 saturated carbocycles. The van der Waals surface area contributed by atoms with Gasteiger partial charge in [-0.05, 0) is 44.9 Å². The van der Waals surface area contributed by atoms with Gasteiger partial charge in [-0.25, -0.2) is 19.4 Å². The Morgan fingerprint density at radius 2 is 2.07 bits per heavy atom. The molecule has 1 aromatic carbocycles. The molecule has 2 heterocycles. The smallest absolute Gasteiger partial charge is 0.324 e. The lowest BCUT2D eigenvalue weighted by Gasteiger charge is -2.10. The van der Waals surface area contributed by atoms with Gasteiger partial charge in [0, 0.05) is 17.3 Å². The van der Waals surface area contributed by atoms with Crippen LogP contribution in [0.2, 0.25) is 0 Å². The van der Waals surface area contributed by atoms with Crippen LogP contribution in [0.1, 0.15) is 30.7 Å². The van der Waals surface area contributed by atoms with E-state index in [9.17, 15) is 4.39 Å². The third kappa shape index (κ3) is 3.69. The molecule has 0 amide bonds. The third-order valence-electron chi connectivity index (χ3n) is 4.37. The first-order valence-corrected chi connectivity index (χ1v) is 9.05. The minimum atomic E-state index is -0.394. The normalized spacial score (nSPS) is 15.4. The number of halogens is 1. The molecule has 1 aliphatic heterocycles. The predicted octanol–water partition coefficient (Wildman–Crippen LogP) is 4.47. The topological polar surface area (TPSA) is 71.8 Å². The van der Waals surface area contributed by atoms with Gasteiger partial charge in [0.1, 0.15) is 5.82 Å². The van der Waals surface area contributed by atoms with Crippen LogP contribution < -0.4 is 10.1 Å². The van der Waals surface area contributed by atoms with Gasteiger partial charge < -0.3 is 10.1 Å². The van der Waals surface area contributed by atoms with Crippen LogP contribution in [-0.4, -0.2) is 28.2 Å². The summed E-state index contributed by atoms with van der Waals surface area (Å²) in [6, 6.07) is 5.31. The molecule has 0 atom stereocenters. The number of aryl methyl sites for hydroxylation is 1. The molecule has 1 aromatic heterocycles. The van der Waals surface area contributed by atoms with E-state index >= 15 is 0 Å². The average Bonchev–Trinajstić information content (AvgIpc) is 3.23. The zero-order valence-electron chi connectivity index (χ0n) is 16.0. The number of fused-ring (bicyclic) bond motifs is 1. The molecule has 0 bridgehead atoms. The second-order valence-corrected chi connectivity index (χ2v) is 6.77. The van der Waals surface area contributed by atoms with Crippen molar-refractivity contribution in [2.45, 2.75) is 27.2 Å². The second kappa shape index (κ2) is 7.34. The maximum absolute atomic E-state index is 14.8. The van der Waals surface area contributed by atoms with Crippen LogP contribution in [0.25, 0.3) is 6.08 Å². The van der Waals surface area contributed by atoms with Crippen LogP contribution in [0.5, 0.6) is 11.8 Å². The highest BCUT2D eigenvalue weighted by molar-refractivity contribution is 6.12. The number of hydrogen-bond acceptors (Lipinski definition) is 6. The highest BCUT2D eigenvalue weighted by atomic mass is 19.1. The standard InChI is InChI=1S/C21H20FN5O/c1-4-5-15-11-23-20(25-15)26-18-10-13(3)24-21(27-18)28-17-7-6-14-8-12(2)9-16(14)19(17)22/h4-7,9-10H,8,11H2,1-3H3,(H,23,24,26,27)/b5-4+. The SMILES string of the molecule is C/C=C/C1=NC(Nc2cc(C)nc(Oc3ccc4c(c3F)C=C(C)C4)n2)=NC1. The largest absolute Gasteiger partial charge is 0.421 e. The summed E-state index contributed by atoms with van der Waals surface area (Å²) >= 11 is 0. The number of nitrogens with zero attached hydrogens (tertiary/aromatic N) is 4. The lowest BCUT2D eigenvalue weighted by Crippen LogP contribution is -2.10. The number of benzene rings is 1. The first kappa shape index (κ1) is 18.0. The summed E-state index contributed by atoms with van der Waals surface area (Å²) in [4.78, 5) is 17.3. The van der Waals surface area contributed by atoms with Gasteiger partial charge in [-0.1, -0.05) is 23.8 Å². The highest BCUT2D eigenvalue weighted by Crippen LogP contribution is 2.33. The number of allylic oxidation sites excluding steroid dienone is 2. The summed E-state index contributed by atoms with van der Waals surface area (Å²) < 4.78 is 20.5. The van der Waals surface area contributed by atoms with Gasteiger partial charge in [0.2, 0.25) is 5.96 Å². The number of anilines is 1. The molecule has 0 radical (unpaired) electrons. The van der Waals surface area contributed by atoms with Gasteiger partial charge >= 0.3 is 6.01 Å². The zero-order chi connectivity index (χ0) is 19.7. The molecule has 2 aromatic rings. The van der Waals surface area contributed by atoms with E-state index in [1.165, 1.54) is 0 Å². The minimum Gasteiger partial charge on any atom is -0.421 e. The number of rotatable bonds is 4. The van der Waals surface area contributed by atoms with Crippen molar-refractivity contribution in [1.29, 1.82) is 0 Å². The van der Waals surface area contributed by atoms with Gasteiger partial charge in [0.25, 0.3) is 0 Å². The van der Waals surface area contributed by atoms with Crippen molar-refractivity contribution in [2.24, 2.45) is 9.98 Å². The summed E-state index contributed by atoms with van der Waals surface area (Å²) in [5.74, 6) is 0.674. The van der Waals surface area contributed by atoms with E-state index in [4.69, 9.17) is 4.74 Å². The molecule has 0 spiro atoms. The van der Waals surface area contributed by atoms with Gasteiger partial charge in [-0.15, -0.1) is 0 Å². The van der Waals surface area contributed by atoms with E-state index in [1.54, 1.807) is 12.1 Å². The summed E-state index contributed by atoms with van der Waals surface area (Å²) in [5.41, 5.74) is 4.22. The summed E-state index contributed by atoms with van der Waals surface area (Å²) in [6.07, 6.45) is 6.43. The number of guanidine groups is 1. The minimum absolute atomic E-state index is 0.0660. The van der Waals surface area contributed by atoms with Crippen molar-refractivity contribution >= 4 is 23.6 Å². The number of hydrogen-bond donors (Lipinski definition) is 1. The van der Waals surface area contributed by atoms with Crippen LogP contribution in [0.3, 0.4) is 0 Å². The Balaban J connectivity index is 1.56. The molecule has 1 aliphatic carbocycles. The highest BCUT2D eigenvalue weighted by Gasteiger charge is 2.19. The Morgan fingerprint density at radius 1 is 1.21 bits per heavy atom. The average molecular weight is 377 g/mol. The van der Waals surface area contributed by atoms with E-state index < -0.39 is 5.82 Å². The van der Waals surface area contributed by atoms with E-state index in [0.29, 0.717) is 29.6 Å². The lowest BCUT2D eigenvalue weighted by atomic mass is 10.1. The second-order valence-electron chi connectivity index (χ2n) is 6.77. The Hall–Kier alpha value is -3.35. The number of aliphatic imine (C=N–C) groups is 2. The van der Waals surface area contributed by atoms with Crippen molar-refractivity contribution in [3.63, 3.8) is 0 Å².